The quantitative estimate of drug-likeness (QED) is 0.802. The summed E-state index contributed by atoms with van der Waals surface area (Å²) in [5, 5.41) is 2.79. The summed E-state index contributed by atoms with van der Waals surface area (Å²) in [6.07, 6.45) is 0. The number of rotatable bonds is 6. The Labute approximate surface area is 109 Å². The van der Waals surface area contributed by atoms with Gasteiger partial charge in [-0.25, -0.2) is 0 Å². The average Bonchev–Trinajstić information content (AvgIpc) is 2.36. The Bertz CT molecular complexity index is 374. The number of nitrogens with two attached hydrogens (primary N) is 1. The summed E-state index contributed by atoms with van der Waals surface area (Å²) in [6, 6.07) is 7.61. The van der Waals surface area contributed by atoms with Crippen molar-refractivity contribution in [2.75, 3.05) is 13.7 Å². The maximum atomic E-state index is 11.6. The van der Waals surface area contributed by atoms with Gasteiger partial charge < -0.3 is 15.8 Å². The molecule has 0 fully saturated rings. The summed E-state index contributed by atoms with van der Waals surface area (Å²) in [5.74, 6) is 0.327. The van der Waals surface area contributed by atoms with Crippen molar-refractivity contribution in [3.05, 3.63) is 35.4 Å². The molecule has 1 atom stereocenters. The minimum absolute atomic E-state index is 0.190. The number of methoxy groups -OCH3 is 1. The maximum absolute atomic E-state index is 11.6. The number of carbonyl (C=O) groups is 1. The third kappa shape index (κ3) is 4.47. The lowest BCUT2D eigenvalue weighted by molar-refractivity contribution is -0.123. The zero-order chi connectivity index (χ0) is 13.5. The van der Waals surface area contributed by atoms with Gasteiger partial charge in [-0.15, -0.1) is 0 Å². The van der Waals surface area contributed by atoms with Gasteiger partial charge in [0.05, 0.1) is 6.61 Å². The second kappa shape index (κ2) is 7.13. The Kier molecular flexibility index (Phi) is 5.82. The molecule has 4 heteroatoms. The van der Waals surface area contributed by atoms with Crippen molar-refractivity contribution in [3.63, 3.8) is 0 Å². The number of ether oxygens (including phenoxy) is 1. The number of hydrogen-bond donors (Lipinski definition) is 2. The molecule has 3 N–H and O–H groups in total. The lowest BCUT2D eigenvalue weighted by Crippen LogP contribution is -2.43. The Balaban J connectivity index is 2.46. The van der Waals surface area contributed by atoms with Gasteiger partial charge in [0.15, 0.2) is 0 Å². The van der Waals surface area contributed by atoms with Crippen molar-refractivity contribution >= 4 is 5.91 Å². The van der Waals surface area contributed by atoms with Gasteiger partial charge in [0.1, 0.15) is 6.04 Å². The fourth-order valence-electron chi connectivity index (χ4n) is 1.60. The van der Waals surface area contributed by atoms with Gasteiger partial charge in [0.25, 0.3) is 0 Å². The van der Waals surface area contributed by atoms with E-state index < -0.39 is 6.04 Å². The molecule has 1 rings (SSSR count). The topological polar surface area (TPSA) is 64.3 Å². The first-order valence-corrected chi connectivity index (χ1v) is 6.15. The molecule has 0 saturated heterocycles. The predicted molar refractivity (Wildman–Crippen MR) is 72.2 cm³/mol. The standard InChI is InChI=1S/C14H22N2O2/c1-10(2)12-6-4-11(5-7-12)8-16-14(17)13(15)9-18-3/h4-7,10,13H,8-9,15H2,1-3H3,(H,16,17)/t13-/m1/s1. The number of carbonyl (C=O) groups excluding carboxylic acids is 1. The first-order chi connectivity index (χ1) is 8.54. The summed E-state index contributed by atoms with van der Waals surface area (Å²) in [7, 11) is 1.53. The zero-order valence-corrected chi connectivity index (χ0v) is 11.3. The molecule has 0 radical (unpaired) electrons. The molecule has 0 bridgehead atoms. The first-order valence-electron chi connectivity index (χ1n) is 6.15. The van der Waals surface area contributed by atoms with Crippen LogP contribution in [0.15, 0.2) is 24.3 Å². The van der Waals surface area contributed by atoms with Gasteiger partial charge in [-0.1, -0.05) is 38.1 Å². The van der Waals surface area contributed by atoms with E-state index in [9.17, 15) is 4.79 Å². The van der Waals surface area contributed by atoms with E-state index in [1.54, 1.807) is 0 Å². The van der Waals surface area contributed by atoms with Crippen LogP contribution in [0.2, 0.25) is 0 Å². The highest BCUT2D eigenvalue weighted by atomic mass is 16.5. The summed E-state index contributed by atoms with van der Waals surface area (Å²) in [4.78, 5) is 11.6. The highest BCUT2D eigenvalue weighted by molar-refractivity contribution is 5.81. The molecular weight excluding hydrogens is 228 g/mol. The second-order valence-electron chi connectivity index (χ2n) is 4.68. The fraction of sp³-hybridized carbons (Fsp3) is 0.500. The van der Waals surface area contributed by atoms with Crippen LogP contribution < -0.4 is 11.1 Å². The van der Waals surface area contributed by atoms with Crippen molar-refractivity contribution < 1.29 is 9.53 Å². The molecule has 1 amide bonds. The van der Waals surface area contributed by atoms with Gasteiger partial charge in [0, 0.05) is 13.7 Å². The van der Waals surface area contributed by atoms with E-state index in [1.807, 2.05) is 12.1 Å². The summed E-state index contributed by atoms with van der Waals surface area (Å²) < 4.78 is 4.83. The van der Waals surface area contributed by atoms with E-state index in [-0.39, 0.29) is 12.5 Å². The van der Waals surface area contributed by atoms with Crippen LogP contribution in [-0.2, 0) is 16.1 Å². The number of nitrogens with one attached hydrogen (secondary N) is 1. The SMILES string of the molecule is COC[C@@H](N)C(=O)NCc1ccc(C(C)C)cc1. The van der Waals surface area contributed by atoms with Crippen LogP contribution in [-0.4, -0.2) is 25.7 Å². The van der Waals surface area contributed by atoms with E-state index in [4.69, 9.17) is 10.5 Å². The Hall–Kier alpha value is -1.39. The largest absolute Gasteiger partial charge is 0.383 e. The average molecular weight is 250 g/mol. The molecule has 0 unspecified atom stereocenters. The smallest absolute Gasteiger partial charge is 0.239 e. The first kappa shape index (κ1) is 14.7. The van der Waals surface area contributed by atoms with Gasteiger partial charge in [-0.3, -0.25) is 4.79 Å². The molecule has 0 aliphatic heterocycles. The predicted octanol–water partition coefficient (Wildman–Crippen LogP) is 1.40. The van der Waals surface area contributed by atoms with E-state index in [1.165, 1.54) is 12.7 Å². The van der Waals surface area contributed by atoms with Crippen molar-refractivity contribution in [3.8, 4) is 0 Å². The molecule has 1 aromatic carbocycles. The third-order valence-corrected chi connectivity index (χ3v) is 2.80. The Morgan fingerprint density at radius 3 is 2.44 bits per heavy atom. The Morgan fingerprint density at radius 1 is 1.33 bits per heavy atom. The zero-order valence-electron chi connectivity index (χ0n) is 11.3. The molecule has 0 spiro atoms. The van der Waals surface area contributed by atoms with Gasteiger partial charge in [-0.2, -0.15) is 0 Å². The van der Waals surface area contributed by atoms with Crippen LogP contribution in [0.25, 0.3) is 0 Å². The molecular formula is C14H22N2O2. The molecule has 0 aromatic heterocycles. The van der Waals surface area contributed by atoms with Gasteiger partial charge in [0.2, 0.25) is 5.91 Å². The minimum Gasteiger partial charge on any atom is -0.383 e. The Morgan fingerprint density at radius 2 is 1.94 bits per heavy atom. The number of hydrogen-bond acceptors (Lipinski definition) is 3. The number of amides is 1. The lowest BCUT2D eigenvalue weighted by Gasteiger charge is -2.12. The van der Waals surface area contributed by atoms with E-state index in [0.29, 0.717) is 12.5 Å². The molecule has 0 heterocycles. The molecule has 18 heavy (non-hydrogen) atoms. The fourth-order valence-corrected chi connectivity index (χ4v) is 1.60. The minimum atomic E-state index is -0.607. The van der Waals surface area contributed by atoms with Crippen LogP contribution in [0.3, 0.4) is 0 Å². The van der Waals surface area contributed by atoms with Gasteiger partial charge in [-0.05, 0) is 17.0 Å². The highest BCUT2D eigenvalue weighted by Crippen LogP contribution is 2.14. The third-order valence-electron chi connectivity index (χ3n) is 2.80. The maximum Gasteiger partial charge on any atom is 0.239 e. The summed E-state index contributed by atoms with van der Waals surface area (Å²) in [6.45, 7) is 5.04. The summed E-state index contributed by atoms with van der Waals surface area (Å²) in [5.41, 5.74) is 7.98. The normalized spacial score (nSPS) is 12.5. The number of benzene rings is 1. The second-order valence-corrected chi connectivity index (χ2v) is 4.68. The van der Waals surface area contributed by atoms with Crippen molar-refractivity contribution in [1.82, 2.24) is 5.32 Å². The van der Waals surface area contributed by atoms with Crippen LogP contribution in [0, 0.1) is 0 Å². The van der Waals surface area contributed by atoms with Crippen LogP contribution >= 0.6 is 0 Å². The summed E-state index contributed by atoms with van der Waals surface area (Å²) >= 11 is 0. The van der Waals surface area contributed by atoms with E-state index >= 15 is 0 Å². The molecule has 100 valence electrons. The van der Waals surface area contributed by atoms with E-state index in [0.717, 1.165) is 5.56 Å². The molecule has 0 saturated carbocycles. The molecule has 4 nitrogen and oxygen atoms in total. The van der Waals surface area contributed by atoms with Crippen molar-refractivity contribution in [2.45, 2.75) is 32.4 Å². The molecule has 0 aliphatic carbocycles. The lowest BCUT2D eigenvalue weighted by atomic mass is 10.0. The van der Waals surface area contributed by atoms with Crippen molar-refractivity contribution in [1.29, 1.82) is 0 Å². The van der Waals surface area contributed by atoms with Crippen molar-refractivity contribution in [2.24, 2.45) is 5.73 Å². The van der Waals surface area contributed by atoms with Gasteiger partial charge >= 0.3 is 0 Å². The molecule has 0 aliphatic rings. The van der Waals surface area contributed by atoms with Crippen LogP contribution in [0.4, 0.5) is 0 Å². The van der Waals surface area contributed by atoms with Crippen LogP contribution in [0.5, 0.6) is 0 Å². The highest BCUT2D eigenvalue weighted by Gasteiger charge is 2.12. The van der Waals surface area contributed by atoms with Crippen LogP contribution in [0.1, 0.15) is 30.9 Å². The van der Waals surface area contributed by atoms with E-state index in [2.05, 4.69) is 31.3 Å². The monoisotopic (exact) mass is 250 g/mol. The molecule has 1 aromatic rings.